The highest BCUT2D eigenvalue weighted by Crippen LogP contribution is 2.29. The molecule has 0 unspecified atom stereocenters. The molecular formula is C25H8BF15. The lowest BCUT2D eigenvalue weighted by atomic mass is 9.13. The Bertz CT molecular complexity index is 1470. The minimum absolute atomic E-state index is 0. The molecule has 0 fully saturated rings. The van der Waals surface area contributed by atoms with Crippen LogP contribution < -0.4 is 16.4 Å². The SMILES string of the molecule is Fc1c(F)c(F)c([B-](Cc2ccccc2)(c2c(F)c(F)c(F)c(F)c2F)c2c(F)c(F)c(F)c(F)c2F)c(F)c1F.[H+]. The van der Waals surface area contributed by atoms with E-state index in [0.717, 1.165) is 24.3 Å². The molecule has 4 aromatic rings. The average Bonchev–Trinajstić information content (AvgIpc) is 2.95. The molecule has 0 nitrogen and oxygen atoms in total. The molecule has 0 radical (unpaired) electrons. The molecule has 0 heterocycles. The van der Waals surface area contributed by atoms with Crippen molar-refractivity contribution in [3.05, 3.63) is 123 Å². The highest BCUT2D eigenvalue weighted by atomic mass is 19.2. The summed E-state index contributed by atoms with van der Waals surface area (Å²) in [6.45, 7) is 0. The van der Waals surface area contributed by atoms with Gasteiger partial charge in [-0.05, 0) is 0 Å². The summed E-state index contributed by atoms with van der Waals surface area (Å²) < 4.78 is 220. The Kier molecular flexibility index (Phi) is 7.56. The molecule has 0 aromatic heterocycles. The van der Waals surface area contributed by atoms with Crippen LogP contribution in [0.1, 0.15) is 6.99 Å². The normalized spacial score (nSPS) is 11.9. The van der Waals surface area contributed by atoms with Gasteiger partial charge >= 0.3 is 1.43 Å². The zero-order valence-corrected chi connectivity index (χ0v) is 19.3. The third-order valence-electron chi connectivity index (χ3n) is 6.59. The van der Waals surface area contributed by atoms with Crippen molar-refractivity contribution < 1.29 is 67.3 Å². The van der Waals surface area contributed by atoms with E-state index in [1.54, 1.807) is 0 Å². The Balaban J connectivity index is 0.00000484. The van der Waals surface area contributed by atoms with Gasteiger partial charge in [-0.15, -0.1) is 22.7 Å². The average molecular weight is 604 g/mol. The van der Waals surface area contributed by atoms with Crippen LogP contribution in [0.2, 0.25) is 0 Å². The molecule has 0 N–H and O–H groups in total. The summed E-state index contributed by atoms with van der Waals surface area (Å²) in [5.74, 6) is -45.2. The first kappa shape index (κ1) is 29.9. The van der Waals surface area contributed by atoms with E-state index in [2.05, 4.69) is 0 Å². The highest BCUT2D eigenvalue weighted by molar-refractivity contribution is 7.11. The monoisotopic (exact) mass is 604 g/mol. The first-order valence-corrected chi connectivity index (χ1v) is 10.9. The Labute approximate surface area is 220 Å². The third-order valence-corrected chi connectivity index (χ3v) is 6.59. The summed E-state index contributed by atoms with van der Waals surface area (Å²) in [6, 6.07) is 4.94. The molecule has 0 saturated carbocycles. The van der Waals surface area contributed by atoms with Crippen molar-refractivity contribution in [1.82, 2.24) is 0 Å². The molecule has 4 rings (SSSR count). The van der Waals surface area contributed by atoms with Gasteiger partial charge in [0, 0.05) is 0 Å². The second-order valence-electron chi connectivity index (χ2n) is 8.69. The lowest BCUT2D eigenvalue weighted by molar-refractivity contribution is 0.379. The van der Waals surface area contributed by atoms with Crippen LogP contribution in [-0.2, 0) is 6.32 Å². The predicted octanol–water partition coefficient (Wildman–Crippen LogP) is 6.14. The Hall–Kier alpha value is -4.11. The first-order chi connectivity index (χ1) is 19.1. The van der Waals surface area contributed by atoms with Crippen LogP contribution in [0, 0.1) is 87.3 Å². The quantitative estimate of drug-likeness (QED) is 0.111. The van der Waals surface area contributed by atoms with Gasteiger partial charge in [0.1, 0.15) is 41.0 Å². The number of benzene rings is 4. The van der Waals surface area contributed by atoms with E-state index in [9.17, 15) is 39.5 Å². The van der Waals surface area contributed by atoms with Crippen LogP contribution in [0.4, 0.5) is 65.9 Å². The van der Waals surface area contributed by atoms with Crippen molar-refractivity contribution in [2.45, 2.75) is 6.32 Å². The standard InChI is InChI=1S/C25H7BF15/c27-11-8(12(28)18(34)23(39)17(11)33)26(6-7-4-2-1-3-5-7,9-13(29)19(35)24(40)20(36)14(9)30)10-15(31)21(37)25(41)22(38)16(10)32/h1-5H,6H2/q-1/p+1. The third kappa shape index (κ3) is 4.22. The minimum atomic E-state index is -5.59. The molecule has 0 bridgehead atoms. The zero-order valence-electron chi connectivity index (χ0n) is 20.3. The van der Waals surface area contributed by atoms with E-state index < -0.39 is 122 Å². The zero-order chi connectivity index (χ0) is 30.7. The first-order valence-electron chi connectivity index (χ1n) is 10.9. The van der Waals surface area contributed by atoms with Gasteiger partial charge in [0.2, 0.25) is 0 Å². The van der Waals surface area contributed by atoms with E-state index in [4.69, 9.17) is 0 Å². The van der Waals surface area contributed by atoms with Crippen molar-refractivity contribution in [3.8, 4) is 0 Å². The fraction of sp³-hybridized carbons (Fsp3) is 0.0400. The van der Waals surface area contributed by atoms with Gasteiger partial charge in [-0.2, -0.15) is 0 Å². The number of rotatable bonds is 5. The molecule has 0 atom stereocenters. The summed E-state index contributed by atoms with van der Waals surface area (Å²) in [7, 11) is 0. The summed E-state index contributed by atoms with van der Waals surface area (Å²) in [6.07, 6.45) is -7.42. The van der Waals surface area contributed by atoms with E-state index in [1.165, 1.54) is 6.07 Å². The maximum atomic E-state index is 15.3. The van der Waals surface area contributed by atoms with Gasteiger partial charge in [0.25, 0.3) is 0 Å². The molecule has 0 saturated heterocycles. The summed E-state index contributed by atoms with van der Waals surface area (Å²) >= 11 is 0. The maximum Gasteiger partial charge on any atom is 1.00 e. The lowest BCUT2D eigenvalue weighted by Crippen LogP contribution is -2.74. The van der Waals surface area contributed by atoms with Crippen molar-refractivity contribution >= 4 is 22.5 Å². The molecule has 216 valence electrons. The van der Waals surface area contributed by atoms with Gasteiger partial charge in [-0.3, -0.25) is 0 Å². The van der Waals surface area contributed by atoms with Crippen LogP contribution in [0.25, 0.3) is 0 Å². The Morgan fingerprint density at radius 1 is 0.341 bits per heavy atom. The van der Waals surface area contributed by atoms with Gasteiger partial charge in [-0.25, -0.2) is 65.9 Å². The Morgan fingerprint density at radius 2 is 0.561 bits per heavy atom. The van der Waals surface area contributed by atoms with Crippen molar-refractivity contribution in [2.24, 2.45) is 0 Å². The van der Waals surface area contributed by atoms with Crippen LogP contribution in [0.5, 0.6) is 0 Å². The molecule has 4 aromatic carbocycles. The molecule has 16 heteroatoms. The van der Waals surface area contributed by atoms with Gasteiger partial charge in [-0.1, -0.05) is 35.9 Å². The van der Waals surface area contributed by atoms with Crippen molar-refractivity contribution in [3.63, 3.8) is 0 Å². The maximum absolute atomic E-state index is 15.3. The fourth-order valence-electron chi connectivity index (χ4n) is 4.87. The Morgan fingerprint density at radius 3 is 0.805 bits per heavy atom. The highest BCUT2D eigenvalue weighted by Gasteiger charge is 2.48. The van der Waals surface area contributed by atoms with Gasteiger partial charge in [0.05, 0.1) is 0 Å². The fourth-order valence-corrected chi connectivity index (χ4v) is 4.87. The van der Waals surface area contributed by atoms with E-state index >= 15 is 26.3 Å². The summed E-state index contributed by atoms with van der Waals surface area (Å²) in [4.78, 5) is 0. The second kappa shape index (κ2) is 10.4. The molecule has 0 aliphatic rings. The van der Waals surface area contributed by atoms with Gasteiger partial charge < -0.3 is 0 Å². The van der Waals surface area contributed by atoms with Crippen LogP contribution >= 0.6 is 0 Å². The number of hydrogen-bond acceptors (Lipinski definition) is 0. The topological polar surface area (TPSA) is 0 Å². The molecule has 0 aliphatic heterocycles. The minimum Gasteiger partial charge on any atom is -0.207 e. The largest absolute Gasteiger partial charge is 1.00 e. The smallest absolute Gasteiger partial charge is 0.207 e. The van der Waals surface area contributed by atoms with Crippen LogP contribution in [0.3, 0.4) is 0 Å². The lowest BCUT2D eigenvalue weighted by Gasteiger charge is -2.44. The number of halogens is 15. The summed E-state index contributed by atoms with van der Waals surface area (Å²) in [5.41, 5.74) is -8.49. The summed E-state index contributed by atoms with van der Waals surface area (Å²) in [5, 5.41) is 0. The van der Waals surface area contributed by atoms with Crippen LogP contribution in [0.15, 0.2) is 30.3 Å². The van der Waals surface area contributed by atoms with Crippen molar-refractivity contribution in [2.75, 3.05) is 0 Å². The molecule has 0 spiro atoms. The molecule has 41 heavy (non-hydrogen) atoms. The molecule has 0 amide bonds. The van der Waals surface area contributed by atoms with E-state index in [0.29, 0.717) is 0 Å². The predicted molar refractivity (Wildman–Crippen MR) is 115 cm³/mol. The number of hydrogen-bond donors (Lipinski definition) is 0. The van der Waals surface area contributed by atoms with Gasteiger partial charge in [0.15, 0.2) is 52.4 Å². The molecular weight excluding hydrogens is 596 g/mol. The van der Waals surface area contributed by atoms with Crippen molar-refractivity contribution in [1.29, 1.82) is 0 Å². The van der Waals surface area contributed by atoms with E-state index in [1.807, 2.05) is 0 Å². The van der Waals surface area contributed by atoms with E-state index in [-0.39, 0.29) is 1.43 Å². The van der Waals surface area contributed by atoms with Crippen LogP contribution in [-0.4, -0.2) is 6.15 Å². The second-order valence-corrected chi connectivity index (χ2v) is 8.69. The molecule has 0 aliphatic carbocycles.